The minimum Gasteiger partial charge on any atom is -0.0648 e. The van der Waals surface area contributed by atoms with E-state index < -0.39 is 0 Å². The minimum absolute atomic E-state index is 0.879. The van der Waals surface area contributed by atoms with Crippen LogP contribution in [0.2, 0.25) is 0 Å². The maximum atomic E-state index is 2.57. The van der Waals surface area contributed by atoms with Crippen LogP contribution in [0.1, 0.15) is 105 Å². The third kappa shape index (κ3) is 3.68. The summed E-state index contributed by atoms with van der Waals surface area (Å²) in [6.45, 7) is 10.1. The molecule has 0 heterocycles. The minimum atomic E-state index is 0.879. The Morgan fingerprint density at radius 1 is 0.423 bits per heavy atom. The third-order valence-corrected chi connectivity index (χ3v) is 9.27. The monoisotopic (exact) mass is 356 g/mol. The van der Waals surface area contributed by atoms with E-state index in [4.69, 9.17) is 0 Å². The van der Waals surface area contributed by atoms with Gasteiger partial charge in [-0.2, -0.15) is 0 Å². The summed E-state index contributed by atoms with van der Waals surface area (Å²) in [5.41, 5.74) is 4.05. The van der Waals surface area contributed by atoms with Crippen molar-refractivity contribution in [3.63, 3.8) is 0 Å². The van der Waals surface area contributed by atoms with Gasteiger partial charge in [0.15, 0.2) is 0 Å². The first-order chi connectivity index (χ1) is 12.5. The van der Waals surface area contributed by atoms with Gasteiger partial charge in [0.05, 0.1) is 0 Å². The smallest absolute Gasteiger partial charge is 0.0169 e. The van der Waals surface area contributed by atoms with Crippen LogP contribution in [0.4, 0.5) is 0 Å². The largest absolute Gasteiger partial charge is 0.0648 e. The van der Waals surface area contributed by atoms with Gasteiger partial charge in [-0.1, -0.05) is 64.5 Å². The molecule has 4 aliphatic rings. The summed E-state index contributed by atoms with van der Waals surface area (Å²) in [4.78, 5) is 0. The molecule has 26 heavy (non-hydrogen) atoms. The van der Waals surface area contributed by atoms with Crippen LogP contribution in [0, 0.1) is 47.3 Å². The van der Waals surface area contributed by atoms with Crippen LogP contribution >= 0.6 is 0 Å². The summed E-state index contributed by atoms with van der Waals surface area (Å²) < 4.78 is 0. The first-order valence-corrected chi connectivity index (χ1v) is 12.3. The van der Waals surface area contributed by atoms with Gasteiger partial charge < -0.3 is 0 Å². The van der Waals surface area contributed by atoms with E-state index in [1.165, 1.54) is 77.0 Å². The summed E-state index contributed by atoms with van der Waals surface area (Å²) in [6, 6.07) is 0. The molecule has 0 spiro atoms. The van der Waals surface area contributed by atoms with Gasteiger partial charge in [-0.15, -0.1) is 0 Å². The van der Waals surface area contributed by atoms with Gasteiger partial charge in [-0.3, -0.25) is 0 Å². The predicted octanol–water partition coefficient (Wildman–Crippen LogP) is 8.03. The van der Waals surface area contributed by atoms with Crippen LogP contribution < -0.4 is 0 Å². The average molecular weight is 357 g/mol. The van der Waals surface area contributed by atoms with E-state index >= 15 is 0 Å². The normalized spacial score (nSPS) is 47.5. The summed E-state index contributed by atoms with van der Waals surface area (Å²) in [6.07, 6.45) is 18.1. The van der Waals surface area contributed by atoms with Crippen molar-refractivity contribution in [2.75, 3.05) is 0 Å². The van der Waals surface area contributed by atoms with Gasteiger partial charge in [0.25, 0.3) is 0 Å². The molecular weight excluding hydrogens is 312 g/mol. The molecule has 4 rings (SSSR count). The first-order valence-electron chi connectivity index (χ1n) is 12.3. The van der Waals surface area contributed by atoms with Crippen LogP contribution in [0.5, 0.6) is 0 Å². The zero-order valence-corrected chi connectivity index (χ0v) is 18.1. The number of hydrogen-bond donors (Lipinski definition) is 0. The maximum Gasteiger partial charge on any atom is -0.0169 e. The van der Waals surface area contributed by atoms with Crippen molar-refractivity contribution in [3.05, 3.63) is 11.1 Å². The molecule has 0 bridgehead atoms. The Morgan fingerprint density at radius 2 is 0.808 bits per heavy atom. The molecule has 0 amide bonds. The second-order valence-electron chi connectivity index (χ2n) is 11.1. The molecule has 0 aromatic heterocycles. The van der Waals surface area contributed by atoms with Crippen molar-refractivity contribution in [2.45, 2.75) is 105 Å². The second kappa shape index (κ2) is 8.00. The Kier molecular flexibility index (Phi) is 5.87. The Bertz CT molecular complexity index is 454. The number of allylic oxidation sites excluding steroid dienone is 2. The summed E-state index contributed by atoms with van der Waals surface area (Å²) in [5.74, 6) is 7.74. The molecule has 2 fully saturated rings. The van der Waals surface area contributed by atoms with E-state index in [0.717, 1.165) is 47.3 Å². The Balaban J connectivity index is 1.62. The molecule has 4 unspecified atom stereocenters. The molecule has 0 aliphatic heterocycles. The lowest BCUT2D eigenvalue weighted by atomic mass is 9.56. The standard InChI is InChI=1S/C26H44/c1-17-5-11-21(12-6-17)23-15-9-19(3)25-20(4)10-16-24(26(23)25)22-13-7-18(2)8-14-22/h17-24H,5-16H2,1-4H3. The molecule has 0 nitrogen and oxygen atoms in total. The average Bonchev–Trinajstić information content (AvgIpc) is 2.64. The van der Waals surface area contributed by atoms with Gasteiger partial charge in [-0.05, 0) is 98.7 Å². The highest BCUT2D eigenvalue weighted by Gasteiger charge is 2.43. The van der Waals surface area contributed by atoms with Crippen molar-refractivity contribution in [3.8, 4) is 0 Å². The molecular formula is C26H44. The predicted molar refractivity (Wildman–Crippen MR) is 113 cm³/mol. The molecule has 0 N–H and O–H groups in total. The zero-order valence-electron chi connectivity index (χ0n) is 18.1. The van der Waals surface area contributed by atoms with Crippen LogP contribution in [0.3, 0.4) is 0 Å². The van der Waals surface area contributed by atoms with E-state index in [1.54, 1.807) is 0 Å². The van der Waals surface area contributed by atoms with E-state index in [1.807, 2.05) is 5.57 Å². The van der Waals surface area contributed by atoms with Crippen molar-refractivity contribution in [1.82, 2.24) is 0 Å². The molecule has 0 aromatic rings. The molecule has 148 valence electrons. The first kappa shape index (κ1) is 19.1. The molecule has 0 saturated heterocycles. The van der Waals surface area contributed by atoms with Crippen molar-refractivity contribution in [2.24, 2.45) is 47.3 Å². The van der Waals surface area contributed by atoms with Crippen molar-refractivity contribution < 1.29 is 0 Å². The number of hydrogen-bond acceptors (Lipinski definition) is 0. The van der Waals surface area contributed by atoms with Crippen LogP contribution in [0.25, 0.3) is 0 Å². The lowest BCUT2D eigenvalue weighted by Gasteiger charge is -2.49. The van der Waals surface area contributed by atoms with Gasteiger partial charge in [0.1, 0.15) is 0 Å². The highest BCUT2D eigenvalue weighted by molar-refractivity contribution is 5.30. The second-order valence-corrected chi connectivity index (χ2v) is 11.1. The third-order valence-electron chi connectivity index (χ3n) is 9.27. The quantitative estimate of drug-likeness (QED) is 0.439. The van der Waals surface area contributed by atoms with E-state index in [0.29, 0.717) is 0 Å². The fourth-order valence-corrected chi connectivity index (χ4v) is 7.59. The topological polar surface area (TPSA) is 0 Å². The summed E-state index contributed by atoms with van der Waals surface area (Å²) in [5, 5.41) is 0. The highest BCUT2D eigenvalue weighted by Crippen LogP contribution is 2.55. The SMILES string of the molecule is CC1CCC(C2CCC(C)C3=C2C(C2CCC(C)CC2)CCC3C)CC1. The molecule has 4 aliphatic carbocycles. The molecule has 4 atom stereocenters. The zero-order chi connectivity index (χ0) is 18.3. The van der Waals surface area contributed by atoms with Gasteiger partial charge >= 0.3 is 0 Å². The van der Waals surface area contributed by atoms with E-state index in [9.17, 15) is 0 Å². The van der Waals surface area contributed by atoms with Gasteiger partial charge in [0, 0.05) is 0 Å². The molecule has 0 aromatic carbocycles. The van der Waals surface area contributed by atoms with Crippen LogP contribution in [-0.2, 0) is 0 Å². The fourth-order valence-electron chi connectivity index (χ4n) is 7.59. The van der Waals surface area contributed by atoms with E-state index in [-0.39, 0.29) is 0 Å². The lowest BCUT2D eigenvalue weighted by Crippen LogP contribution is -2.37. The van der Waals surface area contributed by atoms with Gasteiger partial charge in [0.2, 0.25) is 0 Å². The summed E-state index contributed by atoms with van der Waals surface area (Å²) in [7, 11) is 0. The Hall–Kier alpha value is -0.260. The Morgan fingerprint density at radius 3 is 1.19 bits per heavy atom. The van der Waals surface area contributed by atoms with Crippen molar-refractivity contribution in [1.29, 1.82) is 0 Å². The van der Waals surface area contributed by atoms with Crippen molar-refractivity contribution >= 4 is 0 Å². The maximum absolute atomic E-state index is 2.57. The molecule has 0 radical (unpaired) electrons. The summed E-state index contributed by atoms with van der Waals surface area (Å²) >= 11 is 0. The molecule has 0 heteroatoms. The van der Waals surface area contributed by atoms with Gasteiger partial charge in [-0.25, -0.2) is 0 Å². The van der Waals surface area contributed by atoms with E-state index in [2.05, 4.69) is 33.3 Å². The van der Waals surface area contributed by atoms with Crippen LogP contribution in [0.15, 0.2) is 11.1 Å². The number of rotatable bonds is 2. The highest BCUT2D eigenvalue weighted by atomic mass is 14.5. The molecule has 2 saturated carbocycles. The lowest BCUT2D eigenvalue weighted by molar-refractivity contribution is 0.147. The fraction of sp³-hybridized carbons (Fsp3) is 0.923. The Labute approximate surface area is 163 Å². The van der Waals surface area contributed by atoms with Crippen LogP contribution in [-0.4, -0.2) is 0 Å².